The van der Waals surface area contributed by atoms with Crippen molar-refractivity contribution in [1.29, 1.82) is 0 Å². The molecule has 0 saturated carbocycles. The van der Waals surface area contributed by atoms with Gasteiger partial charge in [0.1, 0.15) is 11.4 Å². The Morgan fingerprint density at radius 3 is 2.18 bits per heavy atom. The van der Waals surface area contributed by atoms with Crippen molar-refractivity contribution in [3.63, 3.8) is 0 Å². The number of pyridine rings is 1. The topological polar surface area (TPSA) is 12.9 Å². The third-order valence-electron chi connectivity index (χ3n) is 2.27. The van der Waals surface area contributed by atoms with Gasteiger partial charge in [0.15, 0.2) is 0 Å². The summed E-state index contributed by atoms with van der Waals surface area (Å²) >= 11 is 0. The highest BCUT2D eigenvalue weighted by Crippen LogP contribution is 2.34. The minimum absolute atomic E-state index is 0.152. The van der Waals surface area contributed by atoms with Gasteiger partial charge in [-0.15, -0.1) is 0 Å². The van der Waals surface area contributed by atoms with Gasteiger partial charge in [0.2, 0.25) is 0 Å². The maximum Gasteiger partial charge on any atom is 0.420 e. The molecule has 0 aliphatic rings. The summed E-state index contributed by atoms with van der Waals surface area (Å²) in [6.07, 6.45) is -3.16. The number of benzene rings is 1. The zero-order valence-corrected chi connectivity index (χ0v) is 8.50. The monoisotopic (exact) mass is 241 g/mol. The van der Waals surface area contributed by atoms with Crippen molar-refractivity contribution < 1.29 is 17.6 Å². The summed E-state index contributed by atoms with van der Waals surface area (Å²) in [4.78, 5) is 3.43. The van der Waals surface area contributed by atoms with Crippen molar-refractivity contribution >= 4 is 0 Å². The normalized spacial score (nSPS) is 11.5. The third kappa shape index (κ3) is 2.27. The van der Waals surface area contributed by atoms with Crippen LogP contribution in [0, 0.1) is 5.82 Å². The van der Waals surface area contributed by atoms with E-state index >= 15 is 0 Å². The number of alkyl halides is 3. The van der Waals surface area contributed by atoms with E-state index in [4.69, 9.17) is 0 Å². The Labute approximate surface area is 94.7 Å². The van der Waals surface area contributed by atoms with Gasteiger partial charge in [-0.2, -0.15) is 13.2 Å². The zero-order chi connectivity index (χ0) is 12.5. The predicted molar refractivity (Wildman–Crippen MR) is 54.6 cm³/mol. The Balaban J connectivity index is 2.58. The lowest BCUT2D eigenvalue weighted by Gasteiger charge is -2.10. The smallest absolute Gasteiger partial charge is 0.263 e. The highest BCUT2D eigenvalue weighted by molar-refractivity contribution is 5.63. The molecule has 0 bridgehead atoms. The molecule has 17 heavy (non-hydrogen) atoms. The third-order valence-corrected chi connectivity index (χ3v) is 2.27. The van der Waals surface area contributed by atoms with Crippen molar-refractivity contribution in [3.8, 4) is 11.1 Å². The van der Waals surface area contributed by atoms with E-state index in [0.717, 1.165) is 6.20 Å². The number of rotatable bonds is 1. The average molecular weight is 241 g/mol. The molecular weight excluding hydrogens is 234 g/mol. The first-order valence-corrected chi connectivity index (χ1v) is 4.76. The van der Waals surface area contributed by atoms with Crippen LogP contribution < -0.4 is 0 Å². The standard InChI is InChI=1S/C12H7F4N/c13-11-9(8-4-2-1-3-5-8)6-17-7-10(11)12(14,15)16/h1-7H. The molecule has 0 amide bonds. The van der Waals surface area contributed by atoms with Crippen LogP contribution in [0.15, 0.2) is 42.7 Å². The van der Waals surface area contributed by atoms with Crippen molar-refractivity contribution in [1.82, 2.24) is 4.98 Å². The van der Waals surface area contributed by atoms with Crippen molar-refractivity contribution in [2.45, 2.75) is 6.18 Å². The van der Waals surface area contributed by atoms with Crippen LogP contribution in [-0.4, -0.2) is 4.98 Å². The highest BCUT2D eigenvalue weighted by atomic mass is 19.4. The molecule has 0 fully saturated rings. The molecule has 1 nitrogen and oxygen atoms in total. The van der Waals surface area contributed by atoms with Crippen molar-refractivity contribution in [2.75, 3.05) is 0 Å². The molecule has 0 aliphatic carbocycles. The minimum Gasteiger partial charge on any atom is -0.263 e. The molecule has 0 saturated heterocycles. The Kier molecular flexibility index (Phi) is 2.83. The molecule has 0 aliphatic heterocycles. The Morgan fingerprint density at radius 1 is 0.941 bits per heavy atom. The van der Waals surface area contributed by atoms with Gasteiger partial charge in [0.25, 0.3) is 0 Å². The summed E-state index contributed by atoms with van der Waals surface area (Å²) in [5.74, 6) is -1.29. The minimum atomic E-state index is -4.73. The average Bonchev–Trinajstić information content (AvgIpc) is 2.29. The van der Waals surface area contributed by atoms with Gasteiger partial charge < -0.3 is 0 Å². The number of halogens is 4. The van der Waals surface area contributed by atoms with Crippen molar-refractivity contribution in [3.05, 3.63) is 54.1 Å². The van der Waals surface area contributed by atoms with Gasteiger partial charge in [-0.3, -0.25) is 4.98 Å². The van der Waals surface area contributed by atoms with E-state index < -0.39 is 17.6 Å². The van der Waals surface area contributed by atoms with E-state index in [2.05, 4.69) is 4.98 Å². The van der Waals surface area contributed by atoms with Gasteiger partial charge in [-0.1, -0.05) is 30.3 Å². The van der Waals surface area contributed by atoms with Crippen LogP contribution >= 0.6 is 0 Å². The molecule has 1 aromatic carbocycles. The summed E-state index contributed by atoms with van der Waals surface area (Å²) in [6, 6.07) is 7.99. The van der Waals surface area contributed by atoms with Crippen LogP contribution in [0.5, 0.6) is 0 Å². The number of aromatic nitrogens is 1. The predicted octanol–water partition coefficient (Wildman–Crippen LogP) is 3.91. The SMILES string of the molecule is Fc1c(-c2ccccc2)cncc1C(F)(F)F. The summed E-state index contributed by atoms with van der Waals surface area (Å²) in [7, 11) is 0. The second kappa shape index (κ2) is 4.16. The lowest BCUT2D eigenvalue weighted by molar-refractivity contribution is -0.140. The molecule has 5 heteroatoms. The molecular formula is C12H7F4N. The lowest BCUT2D eigenvalue weighted by atomic mass is 10.1. The van der Waals surface area contributed by atoms with Crippen LogP contribution in [0.4, 0.5) is 17.6 Å². The van der Waals surface area contributed by atoms with Gasteiger partial charge in [0, 0.05) is 18.0 Å². The van der Waals surface area contributed by atoms with E-state index in [9.17, 15) is 17.6 Å². The first kappa shape index (κ1) is 11.6. The molecule has 2 aromatic rings. The Morgan fingerprint density at radius 2 is 1.59 bits per heavy atom. The molecule has 2 rings (SSSR count). The van der Waals surface area contributed by atoms with Crippen LogP contribution in [0.1, 0.15) is 5.56 Å². The van der Waals surface area contributed by atoms with E-state index in [0.29, 0.717) is 11.8 Å². The van der Waals surface area contributed by atoms with E-state index in [1.54, 1.807) is 18.2 Å². The lowest BCUT2D eigenvalue weighted by Crippen LogP contribution is -2.09. The van der Waals surface area contributed by atoms with E-state index in [1.807, 2.05) is 0 Å². The number of hydrogen-bond donors (Lipinski definition) is 0. The summed E-state index contributed by atoms with van der Waals surface area (Å²) < 4.78 is 51.1. The highest BCUT2D eigenvalue weighted by Gasteiger charge is 2.35. The fourth-order valence-electron chi connectivity index (χ4n) is 1.46. The van der Waals surface area contributed by atoms with Crippen LogP contribution in [0.3, 0.4) is 0 Å². The van der Waals surface area contributed by atoms with Gasteiger partial charge in [-0.05, 0) is 5.56 Å². The molecule has 1 aromatic heterocycles. The first-order valence-electron chi connectivity index (χ1n) is 4.76. The van der Waals surface area contributed by atoms with Gasteiger partial charge >= 0.3 is 6.18 Å². The summed E-state index contributed by atoms with van der Waals surface area (Å²) in [5, 5.41) is 0. The molecule has 0 N–H and O–H groups in total. The summed E-state index contributed by atoms with van der Waals surface area (Å²) in [5.41, 5.74) is -1.14. The first-order chi connectivity index (χ1) is 8.00. The fraction of sp³-hybridized carbons (Fsp3) is 0.0833. The quantitative estimate of drug-likeness (QED) is 0.690. The number of hydrogen-bond acceptors (Lipinski definition) is 1. The second-order valence-electron chi connectivity index (χ2n) is 3.41. The van der Waals surface area contributed by atoms with Gasteiger partial charge in [0.05, 0.1) is 0 Å². The maximum atomic E-state index is 13.7. The van der Waals surface area contributed by atoms with Crippen molar-refractivity contribution in [2.24, 2.45) is 0 Å². The Bertz CT molecular complexity index is 520. The van der Waals surface area contributed by atoms with Gasteiger partial charge in [-0.25, -0.2) is 4.39 Å². The van der Waals surface area contributed by atoms with Crippen LogP contribution in [0.2, 0.25) is 0 Å². The molecule has 1 heterocycles. The fourth-order valence-corrected chi connectivity index (χ4v) is 1.46. The van der Waals surface area contributed by atoms with Crippen LogP contribution in [-0.2, 0) is 6.18 Å². The number of nitrogens with zero attached hydrogens (tertiary/aromatic N) is 1. The molecule has 0 spiro atoms. The van der Waals surface area contributed by atoms with Crippen LogP contribution in [0.25, 0.3) is 11.1 Å². The van der Waals surface area contributed by atoms with E-state index in [-0.39, 0.29) is 5.56 Å². The second-order valence-corrected chi connectivity index (χ2v) is 3.41. The molecule has 0 atom stereocenters. The largest absolute Gasteiger partial charge is 0.420 e. The molecule has 88 valence electrons. The summed E-state index contributed by atoms with van der Waals surface area (Å²) in [6.45, 7) is 0. The zero-order valence-electron chi connectivity index (χ0n) is 8.50. The van der Waals surface area contributed by atoms with E-state index in [1.165, 1.54) is 12.1 Å². The molecule has 0 unspecified atom stereocenters. The molecule has 0 radical (unpaired) electrons. The maximum absolute atomic E-state index is 13.7. The Hall–Kier alpha value is -1.91.